The number of thiocarbonyl (C=S) groups is 1. The number of oxazole rings is 1. The Morgan fingerprint density at radius 3 is 2.88 bits per heavy atom. The molecule has 25 heavy (non-hydrogen) atoms. The maximum Gasteiger partial charge on any atom is 0.228 e. The largest absolute Gasteiger partial charge is 0.436 e. The van der Waals surface area contributed by atoms with E-state index in [0.717, 1.165) is 9.13 Å². The van der Waals surface area contributed by atoms with Gasteiger partial charge in [0, 0.05) is 15.7 Å². The molecule has 3 rings (SSSR count). The number of rotatable bonds is 3. The lowest BCUT2D eigenvalue weighted by Crippen LogP contribution is -2.33. The van der Waals surface area contributed by atoms with Crippen molar-refractivity contribution >= 4 is 74.2 Å². The second-order valence-electron chi connectivity index (χ2n) is 5.18. The van der Waals surface area contributed by atoms with Crippen molar-refractivity contribution in [3.05, 3.63) is 45.0 Å². The molecule has 1 heterocycles. The molecule has 0 bridgehead atoms. The van der Waals surface area contributed by atoms with Crippen LogP contribution in [0.25, 0.3) is 22.6 Å². The Labute approximate surface area is 168 Å². The third-order valence-electron chi connectivity index (χ3n) is 3.38. The number of carbonyl (C=O) groups excluding carboxylic acids is 1. The van der Waals surface area contributed by atoms with Crippen molar-refractivity contribution in [2.75, 3.05) is 5.32 Å². The second kappa shape index (κ2) is 7.67. The lowest BCUT2D eigenvalue weighted by Gasteiger charge is -2.08. The summed E-state index contributed by atoms with van der Waals surface area (Å²) in [4.78, 5) is 15.9. The Morgan fingerprint density at radius 1 is 1.32 bits per heavy atom. The molecular formula is C17H13ClIN3O2S. The molecule has 2 N–H and O–H groups in total. The number of hydrogen-bond acceptors (Lipinski definition) is 4. The molecule has 0 unspecified atom stereocenters. The molecule has 1 aromatic heterocycles. The zero-order chi connectivity index (χ0) is 18.0. The van der Waals surface area contributed by atoms with Gasteiger partial charge < -0.3 is 15.1 Å². The van der Waals surface area contributed by atoms with E-state index in [1.807, 2.05) is 18.2 Å². The Hall–Kier alpha value is -1.71. The van der Waals surface area contributed by atoms with E-state index < -0.39 is 0 Å². The molecule has 2 aromatic carbocycles. The zero-order valence-electron chi connectivity index (χ0n) is 13.1. The van der Waals surface area contributed by atoms with Gasteiger partial charge in [-0.2, -0.15) is 0 Å². The highest BCUT2D eigenvalue weighted by molar-refractivity contribution is 14.1. The number of nitrogens with zero attached hydrogens (tertiary/aromatic N) is 1. The predicted molar refractivity (Wildman–Crippen MR) is 112 cm³/mol. The maximum absolute atomic E-state index is 11.4. The maximum atomic E-state index is 11.4. The summed E-state index contributed by atoms with van der Waals surface area (Å²) in [6, 6.07) is 11.0. The summed E-state index contributed by atoms with van der Waals surface area (Å²) in [5, 5.41) is 6.37. The van der Waals surface area contributed by atoms with E-state index in [-0.39, 0.29) is 11.0 Å². The minimum Gasteiger partial charge on any atom is -0.436 e. The molecule has 3 aromatic rings. The first kappa shape index (κ1) is 18.1. The van der Waals surface area contributed by atoms with Crippen molar-refractivity contribution in [1.82, 2.24) is 10.3 Å². The van der Waals surface area contributed by atoms with Crippen LogP contribution in [0.5, 0.6) is 0 Å². The third kappa shape index (κ3) is 4.28. The summed E-state index contributed by atoms with van der Waals surface area (Å²) in [7, 11) is 0. The van der Waals surface area contributed by atoms with E-state index in [9.17, 15) is 4.79 Å². The van der Waals surface area contributed by atoms with Crippen LogP contribution in [0.15, 0.2) is 40.8 Å². The van der Waals surface area contributed by atoms with Crippen LogP contribution >= 0.6 is 46.4 Å². The monoisotopic (exact) mass is 485 g/mol. The summed E-state index contributed by atoms with van der Waals surface area (Å²) in [5.74, 6) is 0.313. The summed E-state index contributed by atoms with van der Waals surface area (Å²) in [5.41, 5.74) is 2.76. The molecule has 0 aliphatic rings. The fourth-order valence-corrected chi connectivity index (χ4v) is 3.08. The molecule has 0 aliphatic heterocycles. The highest BCUT2D eigenvalue weighted by Crippen LogP contribution is 2.32. The van der Waals surface area contributed by atoms with Gasteiger partial charge in [-0.05, 0) is 71.2 Å². The quantitative estimate of drug-likeness (QED) is 0.405. The van der Waals surface area contributed by atoms with Crippen molar-refractivity contribution in [3.63, 3.8) is 0 Å². The highest BCUT2D eigenvalue weighted by Gasteiger charge is 2.13. The predicted octanol–water partition coefficient (Wildman–Crippen LogP) is 4.98. The van der Waals surface area contributed by atoms with E-state index in [1.54, 1.807) is 25.1 Å². The van der Waals surface area contributed by atoms with E-state index in [0.29, 0.717) is 34.1 Å². The molecular weight excluding hydrogens is 473 g/mol. The molecule has 0 atom stereocenters. The average molecular weight is 486 g/mol. The smallest absolute Gasteiger partial charge is 0.228 e. The molecule has 128 valence electrons. The lowest BCUT2D eigenvalue weighted by molar-refractivity contribution is -0.119. The number of fused-ring (bicyclic) bond motifs is 1. The Balaban J connectivity index is 1.88. The van der Waals surface area contributed by atoms with Gasteiger partial charge in [0.2, 0.25) is 11.8 Å². The van der Waals surface area contributed by atoms with E-state index >= 15 is 0 Å². The van der Waals surface area contributed by atoms with Crippen molar-refractivity contribution < 1.29 is 9.21 Å². The van der Waals surface area contributed by atoms with Gasteiger partial charge in [-0.1, -0.05) is 18.5 Å². The average Bonchev–Trinajstić information content (AvgIpc) is 2.99. The Kier molecular flexibility index (Phi) is 5.55. The zero-order valence-corrected chi connectivity index (χ0v) is 16.8. The Morgan fingerprint density at radius 2 is 2.12 bits per heavy atom. The van der Waals surface area contributed by atoms with Crippen molar-refractivity contribution in [3.8, 4) is 11.5 Å². The summed E-state index contributed by atoms with van der Waals surface area (Å²) >= 11 is 13.6. The van der Waals surface area contributed by atoms with Gasteiger partial charge in [-0.25, -0.2) is 4.98 Å². The van der Waals surface area contributed by atoms with Crippen LogP contribution in [0.1, 0.15) is 13.3 Å². The van der Waals surface area contributed by atoms with E-state index in [4.69, 9.17) is 28.2 Å². The van der Waals surface area contributed by atoms with Crippen LogP contribution in [0.3, 0.4) is 0 Å². The highest BCUT2D eigenvalue weighted by atomic mass is 127. The first-order valence-electron chi connectivity index (χ1n) is 7.43. The second-order valence-corrected chi connectivity index (χ2v) is 7.24. The fourth-order valence-electron chi connectivity index (χ4n) is 2.16. The number of aromatic nitrogens is 1. The van der Waals surface area contributed by atoms with Gasteiger partial charge in [-0.15, -0.1) is 0 Å². The lowest BCUT2D eigenvalue weighted by atomic mass is 10.2. The topological polar surface area (TPSA) is 67.2 Å². The van der Waals surface area contributed by atoms with Gasteiger partial charge in [0.05, 0.1) is 10.6 Å². The SMILES string of the molecule is CCC(=O)NC(=S)Nc1ccc2oc(-c3cc(I)ccc3Cl)nc2c1. The minimum absolute atomic E-state index is 0.143. The van der Waals surface area contributed by atoms with Gasteiger partial charge in [0.25, 0.3) is 0 Å². The van der Waals surface area contributed by atoms with Crippen LogP contribution in [0.2, 0.25) is 5.02 Å². The molecule has 1 amide bonds. The fraction of sp³-hybridized carbons (Fsp3) is 0.118. The number of carbonyl (C=O) groups is 1. The van der Waals surface area contributed by atoms with Crippen LogP contribution in [0, 0.1) is 3.57 Å². The standard InChI is InChI=1S/C17H13ClIN3O2S/c1-2-15(23)22-17(25)20-10-4-6-14-13(8-10)21-16(24-14)11-7-9(19)3-5-12(11)18/h3-8H,2H2,1H3,(H2,20,22,23,25). The minimum atomic E-state index is -0.143. The van der Waals surface area contributed by atoms with Crippen LogP contribution < -0.4 is 10.6 Å². The molecule has 0 spiro atoms. The van der Waals surface area contributed by atoms with Gasteiger partial charge in [0.15, 0.2) is 10.7 Å². The van der Waals surface area contributed by atoms with Gasteiger partial charge in [0.1, 0.15) is 5.52 Å². The molecule has 0 saturated carbocycles. The molecule has 0 fully saturated rings. The first-order chi connectivity index (χ1) is 12.0. The van der Waals surface area contributed by atoms with Crippen LogP contribution in [-0.2, 0) is 4.79 Å². The van der Waals surface area contributed by atoms with Crippen LogP contribution in [-0.4, -0.2) is 16.0 Å². The summed E-state index contributed by atoms with van der Waals surface area (Å²) in [6.45, 7) is 1.76. The van der Waals surface area contributed by atoms with Crippen LogP contribution in [0.4, 0.5) is 5.69 Å². The number of benzene rings is 2. The molecule has 5 nitrogen and oxygen atoms in total. The van der Waals surface area contributed by atoms with E-state index in [1.165, 1.54) is 0 Å². The molecule has 0 aliphatic carbocycles. The molecule has 8 heteroatoms. The normalized spacial score (nSPS) is 10.7. The number of hydrogen-bond donors (Lipinski definition) is 2. The van der Waals surface area contributed by atoms with Crippen molar-refractivity contribution in [1.29, 1.82) is 0 Å². The van der Waals surface area contributed by atoms with E-state index in [2.05, 4.69) is 38.2 Å². The third-order valence-corrected chi connectivity index (χ3v) is 4.58. The molecule has 0 radical (unpaired) electrons. The Bertz CT molecular complexity index is 974. The number of nitrogens with one attached hydrogen (secondary N) is 2. The number of amides is 1. The number of anilines is 1. The summed E-state index contributed by atoms with van der Waals surface area (Å²) < 4.78 is 6.84. The first-order valence-corrected chi connectivity index (χ1v) is 9.29. The van der Waals surface area contributed by atoms with Gasteiger partial charge in [-0.3, -0.25) is 4.79 Å². The summed E-state index contributed by atoms with van der Waals surface area (Å²) in [6.07, 6.45) is 0.365. The van der Waals surface area contributed by atoms with Crippen molar-refractivity contribution in [2.24, 2.45) is 0 Å². The number of halogens is 2. The van der Waals surface area contributed by atoms with Crippen molar-refractivity contribution in [2.45, 2.75) is 13.3 Å². The molecule has 0 saturated heterocycles. The van der Waals surface area contributed by atoms with Gasteiger partial charge >= 0.3 is 0 Å².